The number of hydrogen-bond donors (Lipinski definition) is 2. The molecule has 128 valence electrons. The molecule has 0 spiro atoms. The van der Waals surface area contributed by atoms with E-state index in [0.717, 1.165) is 12.0 Å². The molecule has 2 N–H and O–H groups in total. The van der Waals surface area contributed by atoms with Gasteiger partial charge in [0.15, 0.2) is 0 Å². The van der Waals surface area contributed by atoms with Crippen molar-refractivity contribution in [3.8, 4) is 0 Å². The zero-order valence-corrected chi connectivity index (χ0v) is 15.0. The largest absolute Gasteiger partial charge is 0.378 e. The number of urea groups is 1. The highest BCUT2D eigenvalue weighted by atomic mass is 16.2. The van der Waals surface area contributed by atoms with Gasteiger partial charge in [0.1, 0.15) is 0 Å². The van der Waals surface area contributed by atoms with Crippen LogP contribution < -0.4 is 15.5 Å². The average Bonchev–Trinajstić information content (AvgIpc) is 2.55. The molecule has 0 aromatic heterocycles. The topological polar surface area (TPSA) is 44.4 Å². The van der Waals surface area contributed by atoms with E-state index in [1.165, 1.54) is 16.8 Å². The maximum Gasteiger partial charge on any atom is 0.315 e. The molecule has 0 saturated carbocycles. The number of carbonyl (C=O) groups is 1. The fourth-order valence-corrected chi connectivity index (χ4v) is 2.68. The van der Waals surface area contributed by atoms with E-state index < -0.39 is 0 Å². The van der Waals surface area contributed by atoms with E-state index in [1.54, 1.807) is 0 Å². The average molecular weight is 325 g/mol. The second-order valence-electron chi connectivity index (χ2n) is 6.29. The maximum absolute atomic E-state index is 12.0. The van der Waals surface area contributed by atoms with E-state index in [0.29, 0.717) is 6.54 Å². The molecule has 2 rings (SSSR count). The first-order chi connectivity index (χ1) is 11.5. The van der Waals surface area contributed by atoms with Gasteiger partial charge < -0.3 is 15.5 Å². The van der Waals surface area contributed by atoms with Gasteiger partial charge in [0.2, 0.25) is 0 Å². The molecule has 2 amide bonds. The lowest BCUT2D eigenvalue weighted by Crippen LogP contribution is -2.38. The van der Waals surface area contributed by atoms with Crippen molar-refractivity contribution in [2.24, 2.45) is 0 Å². The molecule has 0 aliphatic rings. The van der Waals surface area contributed by atoms with Gasteiger partial charge in [0.25, 0.3) is 0 Å². The lowest BCUT2D eigenvalue weighted by Gasteiger charge is -2.17. The highest BCUT2D eigenvalue weighted by Gasteiger charge is 2.10. The fourth-order valence-electron chi connectivity index (χ4n) is 2.68. The van der Waals surface area contributed by atoms with Crippen LogP contribution in [0, 0.1) is 6.92 Å². The van der Waals surface area contributed by atoms with Crippen LogP contribution in [-0.2, 0) is 6.42 Å². The minimum absolute atomic E-state index is 0.00873. The summed E-state index contributed by atoms with van der Waals surface area (Å²) >= 11 is 0. The second kappa shape index (κ2) is 8.39. The van der Waals surface area contributed by atoms with Gasteiger partial charge in [-0.25, -0.2) is 4.79 Å². The molecule has 24 heavy (non-hydrogen) atoms. The van der Waals surface area contributed by atoms with E-state index in [4.69, 9.17) is 0 Å². The van der Waals surface area contributed by atoms with Crippen LogP contribution in [0.4, 0.5) is 10.5 Å². The number of nitrogens with zero attached hydrogens (tertiary/aromatic N) is 1. The molecule has 0 bridgehead atoms. The first-order valence-electron chi connectivity index (χ1n) is 8.33. The third kappa shape index (κ3) is 5.01. The van der Waals surface area contributed by atoms with E-state index >= 15 is 0 Å². The molecule has 0 aliphatic carbocycles. The first kappa shape index (κ1) is 17.9. The maximum atomic E-state index is 12.0. The number of anilines is 1. The summed E-state index contributed by atoms with van der Waals surface area (Å²) in [6.07, 6.45) is 0.819. The number of amides is 2. The Kier molecular flexibility index (Phi) is 6.24. The normalized spacial score (nSPS) is 11.7. The van der Waals surface area contributed by atoms with Gasteiger partial charge in [0, 0.05) is 26.3 Å². The number of benzene rings is 2. The summed E-state index contributed by atoms with van der Waals surface area (Å²) in [5.41, 5.74) is 4.72. The smallest absolute Gasteiger partial charge is 0.315 e. The first-order valence-corrected chi connectivity index (χ1v) is 8.33. The molecule has 2 aromatic rings. The Labute approximate surface area is 144 Å². The van der Waals surface area contributed by atoms with Gasteiger partial charge in [-0.1, -0.05) is 36.4 Å². The van der Waals surface area contributed by atoms with Gasteiger partial charge in [-0.2, -0.15) is 0 Å². The fraction of sp³-hybridized carbons (Fsp3) is 0.350. The van der Waals surface area contributed by atoms with Crippen LogP contribution in [0.1, 0.15) is 29.7 Å². The number of hydrogen-bond acceptors (Lipinski definition) is 2. The highest BCUT2D eigenvalue weighted by Crippen LogP contribution is 2.16. The molecule has 0 radical (unpaired) electrons. The van der Waals surface area contributed by atoms with Crippen LogP contribution in [0.15, 0.2) is 48.5 Å². The summed E-state index contributed by atoms with van der Waals surface area (Å²) in [7, 11) is 4.05. The lowest BCUT2D eigenvalue weighted by molar-refractivity contribution is 0.238. The molecule has 0 unspecified atom stereocenters. The van der Waals surface area contributed by atoms with Crippen molar-refractivity contribution < 1.29 is 4.79 Å². The SMILES string of the molecule is Cc1ccccc1[C@@H](C)NC(=O)NCCc1ccc(N(C)C)cc1. The summed E-state index contributed by atoms with van der Waals surface area (Å²) in [5, 5.41) is 5.92. The number of rotatable bonds is 6. The molecule has 0 aliphatic heterocycles. The Hall–Kier alpha value is -2.49. The lowest BCUT2D eigenvalue weighted by atomic mass is 10.0. The van der Waals surface area contributed by atoms with Crippen molar-refractivity contribution in [3.05, 3.63) is 65.2 Å². The molecule has 4 nitrogen and oxygen atoms in total. The van der Waals surface area contributed by atoms with Crippen LogP contribution >= 0.6 is 0 Å². The Morgan fingerprint density at radius 1 is 1.08 bits per heavy atom. The Morgan fingerprint density at radius 2 is 1.75 bits per heavy atom. The zero-order valence-electron chi connectivity index (χ0n) is 15.0. The second-order valence-corrected chi connectivity index (χ2v) is 6.29. The monoisotopic (exact) mass is 325 g/mol. The van der Waals surface area contributed by atoms with Crippen molar-refractivity contribution in [2.75, 3.05) is 25.5 Å². The van der Waals surface area contributed by atoms with Crippen LogP contribution in [0.3, 0.4) is 0 Å². The standard InChI is InChI=1S/C20H27N3O/c1-15-7-5-6-8-19(15)16(2)22-20(24)21-14-13-17-9-11-18(12-10-17)23(3)4/h5-12,16H,13-14H2,1-4H3,(H2,21,22,24)/t16-/m1/s1. The Balaban J connectivity index is 1.78. The van der Waals surface area contributed by atoms with Gasteiger partial charge in [0.05, 0.1) is 6.04 Å². The molecule has 4 heteroatoms. The van der Waals surface area contributed by atoms with E-state index in [1.807, 2.05) is 39.2 Å². The zero-order chi connectivity index (χ0) is 17.5. The van der Waals surface area contributed by atoms with Crippen molar-refractivity contribution >= 4 is 11.7 Å². The predicted octanol–water partition coefficient (Wildman–Crippen LogP) is 3.66. The van der Waals surface area contributed by atoms with Crippen molar-refractivity contribution in [1.29, 1.82) is 0 Å². The third-order valence-corrected chi connectivity index (χ3v) is 4.15. The quantitative estimate of drug-likeness (QED) is 0.851. The van der Waals surface area contributed by atoms with E-state index in [2.05, 4.69) is 52.8 Å². The van der Waals surface area contributed by atoms with Gasteiger partial charge in [-0.3, -0.25) is 0 Å². The number of aryl methyl sites for hydroxylation is 1. The highest BCUT2D eigenvalue weighted by molar-refractivity contribution is 5.74. The molecule has 1 atom stereocenters. The summed E-state index contributed by atoms with van der Waals surface area (Å²) in [6.45, 7) is 4.68. The van der Waals surface area contributed by atoms with Crippen molar-refractivity contribution in [1.82, 2.24) is 10.6 Å². The molecule has 0 fully saturated rings. The Morgan fingerprint density at radius 3 is 2.38 bits per heavy atom. The molecular weight excluding hydrogens is 298 g/mol. The molecular formula is C20H27N3O. The van der Waals surface area contributed by atoms with Gasteiger partial charge in [-0.15, -0.1) is 0 Å². The predicted molar refractivity (Wildman–Crippen MR) is 101 cm³/mol. The number of nitrogens with one attached hydrogen (secondary N) is 2. The van der Waals surface area contributed by atoms with Crippen LogP contribution in [-0.4, -0.2) is 26.7 Å². The van der Waals surface area contributed by atoms with E-state index in [-0.39, 0.29) is 12.1 Å². The van der Waals surface area contributed by atoms with Gasteiger partial charge in [-0.05, 0) is 49.1 Å². The van der Waals surface area contributed by atoms with Gasteiger partial charge >= 0.3 is 6.03 Å². The van der Waals surface area contributed by atoms with E-state index in [9.17, 15) is 4.79 Å². The Bertz CT molecular complexity index is 665. The van der Waals surface area contributed by atoms with Crippen molar-refractivity contribution in [2.45, 2.75) is 26.3 Å². The van der Waals surface area contributed by atoms with Crippen LogP contribution in [0.25, 0.3) is 0 Å². The molecule has 2 aromatic carbocycles. The minimum Gasteiger partial charge on any atom is -0.378 e. The molecule has 0 heterocycles. The number of carbonyl (C=O) groups excluding carboxylic acids is 1. The van der Waals surface area contributed by atoms with Crippen molar-refractivity contribution in [3.63, 3.8) is 0 Å². The van der Waals surface area contributed by atoms with Crippen LogP contribution in [0.2, 0.25) is 0 Å². The van der Waals surface area contributed by atoms with Crippen LogP contribution in [0.5, 0.6) is 0 Å². The summed E-state index contributed by atoms with van der Waals surface area (Å²) in [5.74, 6) is 0. The molecule has 0 saturated heterocycles. The summed E-state index contributed by atoms with van der Waals surface area (Å²) in [4.78, 5) is 14.1. The summed E-state index contributed by atoms with van der Waals surface area (Å²) in [6, 6.07) is 16.4. The third-order valence-electron chi connectivity index (χ3n) is 4.15. The summed E-state index contributed by atoms with van der Waals surface area (Å²) < 4.78 is 0. The minimum atomic E-state index is -0.129.